The van der Waals surface area contributed by atoms with Crippen molar-refractivity contribution in [3.63, 3.8) is 0 Å². The molecule has 1 amide bonds. The third-order valence-corrected chi connectivity index (χ3v) is 4.92. The number of amides is 1. The maximum atomic E-state index is 12.7. The Labute approximate surface area is 151 Å². The van der Waals surface area contributed by atoms with Crippen molar-refractivity contribution in [1.82, 2.24) is 25.5 Å². The number of benzene rings is 1. The van der Waals surface area contributed by atoms with Gasteiger partial charge in [-0.1, -0.05) is 56.0 Å². The summed E-state index contributed by atoms with van der Waals surface area (Å²) in [7, 11) is 0. The fourth-order valence-corrected chi connectivity index (χ4v) is 3.26. The zero-order valence-corrected chi connectivity index (χ0v) is 14.8. The first-order chi connectivity index (χ1) is 12.5. The van der Waals surface area contributed by atoms with Gasteiger partial charge in [-0.05, 0) is 25.0 Å². The number of hydrogen-bond acceptors (Lipinski definition) is 5. The Bertz CT molecular complexity index is 766. The van der Waals surface area contributed by atoms with Gasteiger partial charge in [-0.25, -0.2) is 4.79 Å². The molecule has 26 heavy (non-hydrogen) atoms. The van der Waals surface area contributed by atoms with Gasteiger partial charge in [0.25, 0.3) is 0 Å². The van der Waals surface area contributed by atoms with Crippen LogP contribution in [-0.2, 0) is 9.59 Å². The number of rotatable bonds is 5. The van der Waals surface area contributed by atoms with E-state index >= 15 is 0 Å². The summed E-state index contributed by atoms with van der Waals surface area (Å²) in [6, 6.07) is 8.60. The molecule has 1 unspecified atom stereocenters. The lowest BCUT2D eigenvalue weighted by atomic mass is 9.90. The highest BCUT2D eigenvalue weighted by Crippen LogP contribution is 2.28. The van der Waals surface area contributed by atoms with Crippen LogP contribution in [0.5, 0.6) is 0 Å². The Balaban J connectivity index is 1.75. The molecule has 0 radical (unpaired) electrons. The van der Waals surface area contributed by atoms with Gasteiger partial charge in [-0.15, -0.1) is 10.2 Å². The number of carbonyl (C=O) groups is 2. The van der Waals surface area contributed by atoms with Crippen LogP contribution in [-0.4, -0.2) is 42.7 Å². The number of carbonyl (C=O) groups excluding carboxylic acids is 1. The summed E-state index contributed by atoms with van der Waals surface area (Å²) in [6.07, 6.45) is 4.46. The maximum Gasteiger partial charge on any atom is 0.329 e. The van der Waals surface area contributed by atoms with E-state index in [0.29, 0.717) is 18.7 Å². The number of carboxylic acids is 1. The Hall–Kier alpha value is -2.77. The van der Waals surface area contributed by atoms with Crippen LogP contribution in [0.4, 0.5) is 0 Å². The van der Waals surface area contributed by atoms with Gasteiger partial charge >= 0.3 is 5.97 Å². The molecular formula is C18H23N5O3. The predicted molar refractivity (Wildman–Crippen MR) is 94.2 cm³/mol. The van der Waals surface area contributed by atoms with Crippen molar-refractivity contribution in [3.05, 3.63) is 30.3 Å². The Morgan fingerprint density at radius 3 is 2.42 bits per heavy atom. The largest absolute Gasteiger partial charge is 0.480 e. The lowest BCUT2D eigenvalue weighted by Gasteiger charge is -2.30. The molecule has 138 valence electrons. The molecule has 1 aromatic carbocycles. The molecule has 1 aromatic heterocycles. The summed E-state index contributed by atoms with van der Waals surface area (Å²) < 4.78 is 0. The first-order valence-electron chi connectivity index (χ1n) is 8.92. The smallest absolute Gasteiger partial charge is 0.329 e. The van der Waals surface area contributed by atoms with Gasteiger partial charge in [-0.2, -0.15) is 4.80 Å². The molecule has 1 heterocycles. The van der Waals surface area contributed by atoms with Crippen LogP contribution in [0, 0.1) is 0 Å². The summed E-state index contributed by atoms with van der Waals surface area (Å²) >= 11 is 0. The number of tetrazole rings is 1. The van der Waals surface area contributed by atoms with Gasteiger partial charge < -0.3 is 10.4 Å². The Morgan fingerprint density at radius 1 is 1.15 bits per heavy atom. The van der Waals surface area contributed by atoms with Crippen molar-refractivity contribution in [1.29, 1.82) is 0 Å². The van der Waals surface area contributed by atoms with E-state index in [1.54, 1.807) is 6.92 Å². The molecule has 2 aromatic rings. The van der Waals surface area contributed by atoms with E-state index in [9.17, 15) is 14.7 Å². The van der Waals surface area contributed by atoms with Crippen molar-refractivity contribution in [3.8, 4) is 11.4 Å². The third kappa shape index (κ3) is 3.74. The van der Waals surface area contributed by atoms with Crippen LogP contribution >= 0.6 is 0 Å². The van der Waals surface area contributed by atoms with E-state index in [2.05, 4.69) is 20.7 Å². The third-order valence-electron chi connectivity index (χ3n) is 4.92. The molecule has 1 aliphatic carbocycles. The van der Waals surface area contributed by atoms with Crippen LogP contribution in [0.25, 0.3) is 11.4 Å². The first-order valence-corrected chi connectivity index (χ1v) is 8.92. The molecule has 1 saturated carbocycles. The Kier molecular flexibility index (Phi) is 5.29. The molecule has 8 nitrogen and oxygen atoms in total. The van der Waals surface area contributed by atoms with E-state index in [1.165, 1.54) is 4.80 Å². The standard InChI is InChI=1S/C18H23N5O3/c1-13(23-21-15(20-22-23)14-9-5-4-6-10-14)16(24)19-18(17(25)26)11-7-2-3-8-12-18/h4-6,9-10,13H,2-3,7-8,11-12H2,1H3,(H,19,24)(H,25,26). The second-order valence-electron chi connectivity index (χ2n) is 6.77. The molecule has 3 rings (SSSR count). The molecule has 0 bridgehead atoms. The molecule has 0 aliphatic heterocycles. The summed E-state index contributed by atoms with van der Waals surface area (Å²) in [5.74, 6) is -0.963. The molecule has 0 spiro atoms. The van der Waals surface area contributed by atoms with Crippen LogP contribution in [0.3, 0.4) is 0 Å². The molecule has 1 aliphatic rings. The molecule has 2 N–H and O–H groups in total. The van der Waals surface area contributed by atoms with Gasteiger partial charge in [0.05, 0.1) is 0 Å². The monoisotopic (exact) mass is 357 g/mol. The van der Waals surface area contributed by atoms with Gasteiger partial charge in [0.15, 0.2) is 0 Å². The highest BCUT2D eigenvalue weighted by molar-refractivity contribution is 5.88. The highest BCUT2D eigenvalue weighted by atomic mass is 16.4. The molecular weight excluding hydrogens is 334 g/mol. The second kappa shape index (κ2) is 7.63. The summed E-state index contributed by atoms with van der Waals surface area (Å²) in [4.78, 5) is 25.8. The minimum absolute atomic E-state index is 0.411. The topological polar surface area (TPSA) is 110 Å². The van der Waals surface area contributed by atoms with E-state index in [0.717, 1.165) is 31.2 Å². The fraction of sp³-hybridized carbons (Fsp3) is 0.500. The normalized spacial score (nSPS) is 17.9. The minimum Gasteiger partial charge on any atom is -0.480 e. The lowest BCUT2D eigenvalue weighted by molar-refractivity contribution is -0.149. The van der Waals surface area contributed by atoms with Crippen LogP contribution in [0.1, 0.15) is 51.5 Å². The van der Waals surface area contributed by atoms with Gasteiger partial charge in [0.1, 0.15) is 11.6 Å². The van der Waals surface area contributed by atoms with Gasteiger partial charge in [0, 0.05) is 5.56 Å². The number of carboxylic acid groups (broad SMARTS) is 1. The fourth-order valence-electron chi connectivity index (χ4n) is 3.26. The Morgan fingerprint density at radius 2 is 1.81 bits per heavy atom. The van der Waals surface area contributed by atoms with Crippen molar-refractivity contribution in [2.24, 2.45) is 0 Å². The zero-order valence-electron chi connectivity index (χ0n) is 14.8. The lowest BCUT2D eigenvalue weighted by Crippen LogP contribution is -2.55. The average Bonchev–Trinajstić information content (AvgIpc) is 3.02. The SMILES string of the molecule is CC(C(=O)NC1(C(=O)O)CCCCCC1)n1nnc(-c2ccccc2)n1. The number of aromatic nitrogens is 4. The maximum absolute atomic E-state index is 12.7. The van der Waals surface area contributed by atoms with Gasteiger partial charge in [0.2, 0.25) is 11.7 Å². The highest BCUT2D eigenvalue weighted by Gasteiger charge is 2.41. The van der Waals surface area contributed by atoms with Crippen LogP contribution < -0.4 is 5.32 Å². The first kappa shape index (κ1) is 18.0. The summed E-state index contributed by atoms with van der Waals surface area (Å²) in [5, 5.41) is 24.7. The molecule has 1 fully saturated rings. The van der Waals surface area contributed by atoms with E-state index < -0.39 is 23.5 Å². The summed E-state index contributed by atoms with van der Waals surface area (Å²) in [6.45, 7) is 1.64. The van der Waals surface area contributed by atoms with E-state index in [-0.39, 0.29) is 0 Å². The molecule has 1 atom stereocenters. The van der Waals surface area contributed by atoms with Gasteiger partial charge in [-0.3, -0.25) is 4.79 Å². The quantitative estimate of drug-likeness (QED) is 0.794. The van der Waals surface area contributed by atoms with Crippen LogP contribution in [0.15, 0.2) is 30.3 Å². The van der Waals surface area contributed by atoms with Crippen molar-refractivity contribution >= 4 is 11.9 Å². The number of nitrogens with zero attached hydrogens (tertiary/aromatic N) is 4. The van der Waals surface area contributed by atoms with Crippen LogP contribution in [0.2, 0.25) is 0 Å². The van der Waals surface area contributed by atoms with Crippen molar-refractivity contribution in [2.75, 3.05) is 0 Å². The van der Waals surface area contributed by atoms with Crippen molar-refractivity contribution < 1.29 is 14.7 Å². The van der Waals surface area contributed by atoms with E-state index in [4.69, 9.17) is 0 Å². The zero-order chi connectivity index (χ0) is 18.6. The molecule has 8 heteroatoms. The number of aliphatic carboxylic acids is 1. The second-order valence-corrected chi connectivity index (χ2v) is 6.77. The predicted octanol–water partition coefficient (Wildman–Crippen LogP) is 2.19. The number of hydrogen-bond donors (Lipinski definition) is 2. The number of nitrogens with one attached hydrogen (secondary N) is 1. The van der Waals surface area contributed by atoms with E-state index in [1.807, 2.05) is 30.3 Å². The minimum atomic E-state index is -1.20. The molecule has 0 saturated heterocycles. The summed E-state index contributed by atoms with van der Waals surface area (Å²) in [5.41, 5.74) is -0.401. The van der Waals surface area contributed by atoms with Crippen molar-refractivity contribution in [2.45, 2.75) is 57.0 Å². The average molecular weight is 357 g/mol.